The van der Waals surface area contributed by atoms with E-state index in [1.807, 2.05) is 12.3 Å². The van der Waals surface area contributed by atoms with E-state index in [1.54, 1.807) is 0 Å². The van der Waals surface area contributed by atoms with Crippen molar-refractivity contribution in [3.05, 3.63) is 29.6 Å². The quantitative estimate of drug-likeness (QED) is 0.909. The number of aryl methyl sites for hydroxylation is 1. The second-order valence-corrected chi connectivity index (χ2v) is 6.70. The third-order valence-electron chi connectivity index (χ3n) is 4.20. The van der Waals surface area contributed by atoms with Crippen LogP contribution in [-0.4, -0.2) is 16.2 Å². The van der Waals surface area contributed by atoms with Crippen molar-refractivity contribution < 1.29 is 4.74 Å². The summed E-state index contributed by atoms with van der Waals surface area (Å²) in [6, 6.07) is 4.04. The molecule has 2 heterocycles. The van der Waals surface area contributed by atoms with Gasteiger partial charge in [0.05, 0.1) is 22.9 Å². The molecule has 0 saturated carbocycles. The molecule has 0 spiro atoms. The molecule has 19 heavy (non-hydrogen) atoms. The Hall–Kier alpha value is -0.930. The number of nitrogens with two attached hydrogens (primary N) is 1. The van der Waals surface area contributed by atoms with E-state index in [9.17, 15) is 0 Å². The fourth-order valence-corrected chi connectivity index (χ4v) is 3.40. The van der Waals surface area contributed by atoms with E-state index in [1.165, 1.54) is 5.56 Å². The zero-order valence-electron chi connectivity index (χ0n) is 12.7. The summed E-state index contributed by atoms with van der Waals surface area (Å²) in [4.78, 5) is 4.53. The van der Waals surface area contributed by atoms with Crippen molar-refractivity contribution >= 4 is 0 Å². The summed E-state index contributed by atoms with van der Waals surface area (Å²) in [7, 11) is 0. The Morgan fingerprint density at radius 3 is 2.63 bits per heavy atom. The maximum atomic E-state index is 6.53. The normalized spacial score (nSPS) is 26.3. The molecule has 0 radical (unpaired) electrons. The zero-order chi connectivity index (χ0) is 14.3. The van der Waals surface area contributed by atoms with Gasteiger partial charge < -0.3 is 10.5 Å². The second kappa shape index (κ2) is 4.88. The first-order valence-corrected chi connectivity index (χ1v) is 7.16. The van der Waals surface area contributed by atoms with Crippen LogP contribution in [0.2, 0.25) is 0 Å². The summed E-state index contributed by atoms with van der Waals surface area (Å²) in [5, 5.41) is 0. The lowest BCUT2D eigenvalue weighted by atomic mass is 9.79. The Kier molecular flexibility index (Phi) is 3.72. The Balaban J connectivity index is 2.31. The molecule has 2 rings (SSSR count). The minimum absolute atomic E-state index is 0.0621. The summed E-state index contributed by atoms with van der Waals surface area (Å²) >= 11 is 0. The highest BCUT2D eigenvalue weighted by Crippen LogP contribution is 2.46. The van der Waals surface area contributed by atoms with Crippen LogP contribution in [0.1, 0.15) is 58.3 Å². The van der Waals surface area contributed by atoms with E-state index in [2.05, 4.69) is 45.7 Å². The fraction of sp³-hybridized carbons (Fsp3) is 0.688. The van der Waals surface area contributed by atoms with Crippen LogP contribution in [-0.2, 0) is 11.2 Å². The van der Waals surface area contributed by atoms with Gasteiger partial charge in [0.1, 0.15) is 0 Å². The van der Waals surface area contributed by atoms with Gasteiger partial charge in [0.15, 0.2) is 0 Å². The second-order valence-electron chi connectivity index (χ2n) is 6.70. The van der Waals surface area contributed by atoms with E-state index in [0.29, 0.717) is 5.92 Å². The number of ether oxygens (including phenoxy) is 1. The van der Waals surface area contributed by atoms with Crippen LogP contribution in [0.5, 0.6) is 0 Å². The standard InChI is InChI=1S/C16H26N2O/c1-6-11-8-7-9-18-14(11)13(17)12-10-15(2,3)19-16(12,4)5/h7-9,12-13H,6,10,17H2,1-5H3. The average molecular weight is 262 g/mol. The maximum Gasteiger partial charge on any atom is 0.0681 e. The molecule has 1 aliphatic heterocycles. The summed E-state index contributed by atoms with van der Waals surface area (Å²) in [6.07, 6.45) is 3.78. The molecule has 1 aromatic rings. The molecule has 106 valence electrons. The number of aromatic nitrogens is 1. The largest absolute Gasteiger partial charge is 0.369 e. The highest BCUT2D eigenvalue weighted by Gasteiger charge is 2.49. The molecule has 0 bridgehead atoms. The zero-order valence-corrected chi connectivity index (χ0v) is 12.7. The van der Waals surface area contributed by atoms with Gasteiger partial charge in [0.25, 0.3) is 0 Å². The molecule has 1 saturated heterocycles. The van der Waals surface area contributed by atoms with Gasteiger partial charge in [0, 0.05) is 12.1 Å². The molecule has 2 atom stereocenters. The van der Waals surface area contributed by atoms with Gasteiger partial charge in [-0.15, -0.1) is 0 Å². The van der Waals surface area contributed by atoms with Crippen molar-refractivity contribution in [3.8, 4) is 0 Å². The Labute approximate surface area is 116 Å². The fourth-order valence-electron chi connectivity index (χ4n) is 3.40. The van der Waals surface area contributed by atoms with Gasteiger partial charge in [-0.1, -0.05) is 13.0 Å². The molecule has 1 aromatic heterocycles. The Morgan fingerprint density at radius 1 is 1.42 bits per heavy atom. The topological polar surface area (TPSA) is 48.1 Å². The van der Waals surface area contributed by atoms with Gasteiger partial charge in [-0.25, -0.2) is 0 Å². The first kappa shape index (κ1) is 14.5. The van der Waals surface area contributed by atoms with Crippen molar-refractivity contribution in [1.82, 2.24) is 4.98 Å². The van der Waals surface area contributed by atoms with Crippen molar-refractivity contribution in [1.29, 1.82) is 0 Å². The van der Waals surface area contributed by atoms with Crippen molar-refractivity contribution in [3.63, 3.8) is 0 Å². The summed E-state index contributed by atoms with van der Waals surface area (Å²) in [6.45, 7) is 10.7. The van der Waals surface area contributed by atoms with Gasteiger partial charge in [0.2, 0.25) is 0 Å². The molecule has 0 aliphatic carbocycles. The lowest BCUT2D eigenvalue weighted by Gasteiger charge is -2.31. The monoisotopic (exact) mass is 262 g/mol. The molecule has 1 fully saturated rings. The van der Waals surface area contributed by atoms with Crippen LogP contribution in [0.15, 0.2) is 18.3 Å². The molecular weight excluding hydrogens is 236 g/mol. The number of rotatable bonds is 3. The van der Waals surface area contributed by atoms with Gasteiger partial charge in [-0.05, 0) is 52.2 Å². The van der Waals surface area contributed by atoms with Crippen LogP contribution in [0, 0.1) is 5.92 Å². The summed E-state index contributed by atoms with van der Waals surface area (Å²) in [5.74, 6) is 0.294. The molecule has 0 amide bonds. The number of hydrogen-bond donors (Lipinski definition) is 1. The third kappa shape index (κ3) is 2.82. The van der Waals surface area contributed by atoms with Gasteiger partial charge in [-0.3, -0.25) is 4.98 Å². The summed E-state index contributed by atoms with van der Waals surface area (Å²) in [5.41, 5.74) is 8.50. The predicted molar refractivity (Wildman–Crippen MR) is 77.9 cm³/mol. The molecule has 1 aliphatic rings. The van der Waals surface area contributed by atoms with Crippen LogP contribution in [0.4, 0.5) is 0 Å². The average Bonchev–Trinajstić information content (AvgIpc) is 2.56. The van der Waals surface area contributed by atoms with Gasteiger partial charge >= 0.3 is 0 Å². The van der Waals surface area contributed by atoms with Gasteiger partial charge in [-0.2, -0.15) is 0 Å². The van der Waals surface area contributed by atoms with Crippen molar-refractivity contribution in [2.75, 3.05) is 0 Å². The first-order valence-electron chi connectivity index (χ1n) is 7.16. The van der Waals surface area contributed by atoms with Crippen LogP contribution >= 0.6 is 0 Å². The van der Waals surface area contributed by atoms with Crippen molar-refractivity contribution in [2.45, 2.75) is 64.7 Å². The minimum Gasteiger partial charge on any atom is -0.369 e. The third-order valence-corrected chi connectivity index (χ3v) is 4.20. The van der Waals surface area contributed by atoms with Crippen molar-refractivity contribution in [2.24, 2.45) is 11.7 Å². The molecule has 0 aromatic carbocycles. The summed E-state index contributed by atoms with van der Waals surface area (Å²) < 4.78 is 6.16. The SMILES string of the molecule is CCc1cccnc1C(N)C1CC(C)(C)OC1(C)C. The van der Waals surface area contributed by atoms with E-state index in [4.69, 9.17) is 10.5 Å². The number of nitrogens with zero attached hydrogens (tertiary/aromatic N) is 1. The highest BCUT2D eigenvalue weighted by atomic mass is 16.5. The number of hydrogen-bond acceptors (Lipinski definition) is 3. The van der Waals surface area contributed by atoms with E-state index in [0.717, 1.165) is 18.5 Å². The lowest BCUT2D eigenvalue weighted by Crippen LogP contribution is -2.36. The maximum absolute atomic E-state index is 6.53. The van der Waals surface area contributed by atoms with Crippen LogP contribution < -0.4 is 5.73 Å². The minimum atomic E-state index is -0.203. The van der Waals surface area contributed by atoms with E-state index < -0.39 is 0 Å². The smallest absolute Gasteiger partial charge is 0.0681 e. The first-order chi connectivity index (χ1) is 8.77. The molecular formula is C16H26N2O. The molecule has 3 nitrogen and oxygen atoms in total. The molecule has 2 N–H and O–H groups in total. The van der Waals surface area contributed by atoms with E-state index in [-0.39, 0.29) is 17.2 Å². The van der Waals surface area contributed by atoms with Crippen LogP contribution in [0.25, 0.3) is 0 Å². The molecule has 2 unspecified atom stereocenters. The predicted octanol–water partition coefficient (Wildman–Crippen LogP) is 3.24. The Bertz CT molecular complexity index is 454. The van der Waals surface area contributed by atoms with E-state index >= 15 is 0 Å². The lowest BCUT2D eigenvalue weighted by molar-refractivity contribution is -0.0768. The highest BCUT2D eigenvalue weighted by molar-refractivity contribution is 5.24. The Morgan fingerprint density at radius 2 is 2.11 bits per heavy atom. The van der Waals surface area contributed by atoms with Crippen LogP contribution in [0.3, 0.4) is 0 Å². The molecule has 3 heteroatoms. The number of pyridine rings is 1.